The molecule has 0 amide bonds. The molecule has 0 aromatic carbocycles. The summed E-state index contributed by atoms with van der Waals surface area (Å²) in [5.41, 5.74) is 0. The number of piperidine rings is 1. The van der Waals surface area contributed by atoms with E-state index in [4.69, 9.17) is 4.74 Å². The number of nitrogens with zero attached hydrogens (tertiary/aromatic N) is 1. The maximum atomic E-state index is 5.75. The van der Waals surface area contributed by atoms with Crippen LogP contribution in [0.15, 0.2) is 0 Å². The second kappa shape index (κ2) is 4.60. The lowest BCUT2D eigenvalue weighted by Gasteiger charge is -2.41. The normalized spacial score (nSPS) is 37.3. The third-order valence-corrected chi connectivity index (χ3v) is 3.27. The van der Waals surface area contributed by atoms with E-state index in [9.17, 15) is 0 Å². The van der Waals surface area contributed by atoms with Crippen molar-refractivity contribution in [1.29, 1.82) is 0 Å². The van der Waals surface area contributed by atoms with Crippen LogP contribution in [0.3, 0.4) is 0 Å². The minimum absolute atomic E-state index is 0.411. The third kappa shape index (κ3) is 2.47. The first-order valence-corrected chi connectivity index (χ1v) is 5.86. The lowest BCUT2D eigenvalue weighted by Crippen LogP contribution is -2.52. The minimum atomic E-state index is 0.411. The zero-order chi connectivity index (χ0) is 9.97. The largest absolute Gasteiger partial charge is 0.373 e. The molecule has 1 N–H and O–H groups in total. The van der Waals surface area contributed by atoms with Crippen molar-refractivity contribution in [2.24, 2.45) is 0 Å². The maximum Gasteiger partial charge on any atom is 0.0678 e. The summed E-state index contributed by atoms with van der Waals surface area (Å²) in [6.07, 6.45) is 3.43. The Kier molecular flexibility index (Phi) is 3.42. The monoisotopic (exact) mass is 198 g/mol. The first-order chi connectivity index (χ1) is 6.75. The van der Waals surface area contributed by atoms with Crippen LogP contribution < -0.4 is 5.32 Å². The molecule has 2 fully saturated rings. The summed E-state index contributed by atoms with van der Waals surface area (Å²) in [6, 6.07) is 0.796. The highest BCUT2D eigenvalue weighted by Crippen LogP contribution is 2.18. The summed E-state index contributed by atoms with van der Waals surface area (Å²) in [5.74, 6) is 0. The summed E-state index contributed by atoms with van der Waals surface area (Å²) < 4.78 is 5.75. The summed E-state index contributed by atoms with van der Waals surface area (Å²) >= 11 is 0. The van der Waals surface area contributed by atoms with Gasteiger partial charge in [-0.05, 0) is 39.8 Å². The lowest BCUT2D eigenvalue weighted by atomic mass is 10.0. The maximum absolute atomic E-state index is 5.75. The van der Waals surface area contributed by atoms with Gasteiger partial charge in [-0.1, -0.05) is 0 Å². The predicted octanol–water partition coefficient (Wildman–Crippen LogP) is 0.848. The fourth-order valence-corrected chi connectivity index (χ4v) is 2.69. The van der Waals surface area contributed by atoms with Crippen LogP contribution >= 0.6 is 0 Å². The van der Waals surface area contributed by atoms with Crippen molar-refractivity contribution in [2.45, 2.75) is 44.9 Å². The summed E-state index contributed by atoms with van der Waals surface area (Å²) in [6.45, 7) is 8.98. The van der Waals surface area contributed by atoms with Gasteiger partial charge in [-0.2, -0.15) is 0 Å². The Morgan fingerprint density at radius 1 is 1.07 bits per heavy atom. The zero-order valence-corrected chi connectivity index (χ0v) is 9.33. The van der Waals surface area contributed by atoms with Gasteiger partial charge in [0.2, 0.25) is 0 Å². The molecule has 14 heavy (non-hydrogen) atoms. The highest BCUT2D eigenvalue weighted by atomic mass is 16.5. The van der Waals surface area contributed by atoms with E-state index in [1.165, 1.54) is 25.9 Å². The van der Waals surface area contributed by atoms with Gasteiger partial charge in [-0.15, -0.1) is 0 Å². The smallest absolute Gasteiger partial charge is 0.0678 e. The number of hydrogen-bond acceptors (Lipinski definition) is 3. The second-order valence-corrected chi connectivity index (χ2v) is 4.69. The Morgan fingerprint density at radius 2 is 1.64 bits per heavy atom. The van der Waals surface area contributed by atoms with Crippen LogP contribution in [-0.4, -0.2) is 49.3 Å². The van der Waals surface area contributed by atoms with Gasteiger partial charge >= 0.3 is 0 Å². The van der Waals surface area contributed by atoms with Crippen LogP contribution in [0.1, 0.15) is 26.7 Å². The van der Waals surface area contributed by atoms with Crippen molar-refractivity contribution in [3.05, 3.63) is 0 Å². The molecule has 0 aliphatic carbocycles. The number of rotatable bonds is 1. The van der Waals surface area contributed by atoms with Gasteiger partial charge < -0.3 is 10.1 Å². The molecule has 0 saturated carbocycles. The molecule has 0 aromatic rings. The van der Waals surface area contributed by atoms with Gasteiger partial charge in [0.25, 0.3) is 0 Å². The van der Waals surface area contributed by atoms with Crippen LogP contribution in [0.2, 0.25) is 0 Å². The van der Waals surface area contributed by atoms with Crippen molar-refractivity contribution < 1.29 is 4.74 Å². The SMILES string of the molecule is C[C@@H]1CN(C2CCNCC2)C[C@@H](C)O1. The van der Waals surface area contributed by atoms with Gasteiger partial charge in [-0.3, -0.25) is 4.90 Å². The average molecular weight is 198 g/mol. The zero-order valence-electron chi connectivity index (χ0n) is 9.33. The minimum Gasteiger partial charge on any atom is -0.373 e. The molecule has 2 heterocycles. The van der Waals surface area contributed by atoms with Crippen molar-refractivity contribution in [3.63, 3.8) is 0 Å². The Bertz CT molecular complexity index is 170. The van der Waals surface area contributed by atoms with E-state index < -0.39 is 0 Å². The van der Waals surface area contributed by atoms with Crippen LogP contribution in [0.4, 0.5) is 0 Å². The van der Waals surface area contributed by atoms with Crippen molar-refractivity contribution in [2.75, 3.05) is 26.2 Å². The fourth-order valence-electron chi connectivity index (χ4n) is 2.69. The molecule has 2 rings (SSSR count). The first-order valence-electron chi connectivity index (χ1n) is 5.86. The molecule has 2 atom stereocenters. The van der Waals surface area contributed by atoms with E-state index in [1.807, 2.05) is 0 Å². The van der Waals surface area contributed by atoms with Crippen molar-refractivity contribution in [1.82, 2.24) is 10.2 Å². The van der Waals surface area contributed by atoms with Crippen molar-refractivity contribution >= 4 is 0 Å². The Labute approximate surface area is 86.8 Å². The van der Waals surface area contributed by atoms with Crippen LogP contribution in [0.5, 0.6) is 0 Å². The van der Waals surface area contributed by atoms with E-state index in [0.717, 1.165) is 19.1 Å². The highest BCUT2D eigenvalue weighted by molar-refractivity contribution is 4.82. The molecule has 0 unspecified atom stereocenters. The first kappa shape index (κ1) is 10.4. The van der Waals surface area contributed by atoms with Crippen molar-refractivity contribution in [3.8, 4) is 0 Å². The molecule has 82 valence electrons. The summed E-state index contributed by atoms with van der Waals surface area (Å²) in [4.78, 5) is 2.62. The Balaban J connectivity index is 1.88. The van der Waals surface area contributed by atoms with Gasteiger partial charge in [0.15, 0.2) is 0 Å². The van der Waals surface area contributed by atoms with E-state index in [1.54, 1.807) is 0 Å². The molecule has 3 heteroatoms. The highest BCUT2D eigenvalue weighted by Gasteiger charge is 2.28. The molecule has 2 saturated heterocycles. The molecule has 2 aliphatic rings. The standard InChI is InChI=1S/C11H22N2O/c1-9-7-13(8-10(2)14-9)11-3-5-12-6-4-11/h9-12H,3-8H2,1-2H3/t9-,10-/m1/s1. The van der Waals surface area contributed by atoms with E-state index >= 15 is 0 Å². The second-order valence-electron chi connectivity index (χ2n) is 4.69. The molecule has 0 bridgehead atoms. The molecule has 3 nitrogen and oxygen atoms in total. The van der Waals surface area contributed by atoms with E-state index in [-0.39, 0.29) is 0 Å². The number of morpholine rings is 1. The lowest BCUT2D eigenvalue weighted by molar-refractivity contribution is -0.0832. The topological polar surface area (TPSA) is 24.5 Å². The van der Waals surface area contributed by atoms with Gasteiger partial charge in [-0.25, -0.2) is 0 Å². The third-order valence-electron chi connectivity index (χ3n) is 3.27. The number of hydrogen-bond donors (Lipinski definition) is 1. The molecule has 2 aliphatic heterocycles. The Hall–Kier alpha value is -0.120. The number of nitrogens with one attached hydrogen (secondary N) is 1. The quantitative estimate of drug-likeness (QED) is 0.676. The van der Waals surface area contributed by atoms with E-state index in [2.05, 4.69) is 24.1 Å². The predicted molar refractivity (Wildman–Crippen MR) is 57.5 cm³/mol. The molecule has 0 aromatic heterocycles. The van der Waals surface area contributed by atoms with E-state index in [0.29, 0.717) is 12.2 Å². The fraction of sp³-hybridized carbons (Fsp3) is 1.00. The Morgan fingerprint density at radius 3 is 2.21 bits per heavy atom. The molecular formula is C11H22N2O. The van der Waals surface area contributed by atoms with Crippen LogP contribution in [-0.2, 0) is 4.74 Å². The average Bonchev–Trinajstić information content (AvgIpc) is 2.18. The molecule has 0 spiro atoms. The van der Waals surface area contributed by atoms with Gasteiger partial charge in [0.05, 0.1) is 12.2 Å². The summed E-state index contributed by atoms with van der Waals surface area (Å²) in [7, 11) is 0. The summed E-state index contributed by atoms with van der Waals surface area (Å²) in [5, 5.41) is 3.42. The molecule has 0 radical (unpaired) electrons. The van der Waals surface area contributed by atoms with Gasteiger partial charge in [0, 0.05) is 19.1 Å². The van der Waals surface area contributed by atoms with Crippen LogP contribution in [0.25, 0.3) is 0 Å². The molecular weight excluding hydrogens is 176 g/mol. The number of ether oxygens (including phenoxy) is 1. The van der Waals surface area contributed by atoms with Crippen LogP contribution in [0, 0.1) is 0 Å². The van der Waals surface area contributed by atoms with Gasteiger partial charge in [0.1, 0.15) is 0 Å².